The van der Waals surface area contributed by atoms with E-state index in [9.17, 15) is 18.0 Å². The first-order valence-corrected chi connectivity index (χ1v) is 8.86. The number of amidine groups is 1. The Morgan fingerprint density at radius 3 is 2.59 bits per heavy atom. The third-order valence-electron chi connectivity index (χ3n) is 3.54. The second-order valence-electron chi connectivity index (χ2n) is 5.53. The van der Waals surface area contributed by atoms with Crippen molar-refractivity contribution in [1.82, 2.24) is 5.32 Å². The number of halogens is 3. The Morgan fingerprint density at radius 1 is 1.19 bits per heavy atom. The van der Waals surface area contributed by atoms with Crippen LogP contribution in [0.1, 0.15) is 18.1 Å². The topological polar surface area (TPSA) is 50.7 Å². The molecule has 2 aromatic carbocycles. The molecule has 2 aromatic rings. The van der Waals surface area contributed by atoms with Gasteiger partial charge < -0.3 is 10.1 Å². The van der Waals surface area contributed by atoms with Crippen LogP contribution in [0.3, 0.4) is 0 Å². The highest BCUT2D eigenvalue weighted by Crippen LogP contribution is 2.32. The van der Waals surface area contributed by atoms with Crippen LogP contribution < -0.4 is 10.1 Å². The molecule has 0 spiro atoms. The maximum absolute atomic E-state index is 12.8. The van der Waals surface area contributed by atoms with E-state index in [4.69, 9.17) is 4.74 Å². The summed E-state index contributed by atoms with van der Waals surface area (Å²) in [6.07, 6.45) is -3.02. The third-order valence-corrected chi connectivity index (χ3v) is 4.45. The van der Waals surface area contributed by atoms with Crippen LogP contribution in [0.25, 0.3) is 6.08 Å². The molecule has 1 amide bonds. The van der Waals surface area contributed by atoms with Gasteiger partial charge in [-0.05, 0) is 66.7 Å². The van der Waals surface area contributed by atoms with E-state index >= 15 is 0 Å². The predicted molar refractivity (Wildman–Crippen MR) is 99.9 cm³/mol. The number of rotatable bonds is 4. The van der Waals surface area contributed by atoms with Crippen LogP contribution in [-0.2, 0) is 11.0 Å². The van der Waals surface area contributed by atoms with Crippen molar-refractivity contribution in [2.24, 2.45) is 4.99 Å². The molecule has 0 saturated carbocycles. The van der Waals surface area contributed by atoms with E-state index in [-0.39, 0.29) is 4.91 Å². The van der Waals surface area contributed by atoms with Gasteiger partial charge in [-0.25, -0.2) is 4.99 Å². The summed E-state index contributed by atoms with van der Waals surface area (Å²) < 4.78 is 43.8. The molecule has 1 fully saturated rings. The minimum atomic E-state index is -4.43. The number of alkyl halides is 3. The molecule has 1 heterocycles. The van der Waals surface area contributed by atoms with E-state index in [0.29, 0.717) is 23.0 Å². The van der Waals surface area contributed by atoms with Crippen molar-refractivity contribution in [2.45, 2.75) is 13.1 Å². The van der Waals surface area contributed by atoms with Crippen LogP contribution >= 0.6 is 11.8 Å². The largest absolute Gasteiger partial charge is 0.494 e. The number of benzene rings is 2. The minimum absolute atomic E-state index is 0.277. The maximum atomic E-state index is 12.8. The number of hydrogen-bond donors (Lipinski definition) is 1. The van der Waals surface area contributed by atoms with E-state index in [1.165, 1.54) is 18.2 Å². The smallest absolute Gasteiger partial charge is 0.416 e. The summed E-state index contributed by atoms with van der Waals surface area (Å²) >= 11 is 1.07. The van der Waals surface area contributed by atoms with Crippen LogP contribution in [0.4, 0.5) is 18.9 Å². The van der Waals surface area contributed by atoms with Gasteiger partial charge in [0.25, 0.3) is 5.91 Å². The lowest BCUT2D eigenvalue weighted by molar-refractivity contribution is -0.137. The number of carbonyl (C=O) groups excluding carboxylic acids is 1. The van der Waals surface area contributed by atoms with Crippen molar-refractivity contribution in [3.8, 4) is 5.75 Å². The number of amides is 1. The zero-order valence-electron chi connectivity index (χ0n) is 14.2. The van der Waals surface area contributed by atoms with Crippen LogP contribution in [0, 0.1) is 0 Å². The average Bonchev–Trinajstić information content (AvgIpc) is 2.95. The zero-order chi connectivity index (χ0) is 19.4. The number of hydrogen-bond acceptors (Lipinski definition) is 4. The van der Waals surface area contributed by atoms with Crippen LogP contribution in [-0.4, -0.2) is 17.7 Å². The SMILES string of the molecule is CCOc1ccc(N=C2NC(=O)/C(=C\c3cccc(C(F)(F)F)c3)S2)cc1. The fourth-order valence-corrected chi connectivity index (χ4v) is 3.18. The monoisotopic (exact) mass is 392 g/mol. The van der Waals surface area contributed by atoms with Gasteiger partial charge in [-0.3, -0.25) is 4.79 Å². The quantitative estimate of drug-likeness (QED) is 0.746. The Kier molecular flexibility index (Phi) is 5.55. The molecule has 1 saturated heterocycles. The molecule has 1 aliphatic rings. The Bertz CT molecular complexity index is 906. The molecule has 1 N–H and O–H groups in total. The average molecular weight is 392 g/mol. The van der Waals surface area contributed by atoms with Crippen molar-refractivity contribution in [2.75, 3.05) is 6.61 Å². The first-order chi connectivity index (χ1) is 12.8. The van der Waals surface area contributed by atoms with Crippen LogP contribution in [0.2, 0.25) is 0 Å². The first kappa shape index (κ1) is 19.0. The van der Waals surface area contributed by atoms with Crippen molar-refractivity contribution < 1.29 is 22.7 Å². The van der Waals surface area contributed by atoms with Gasteiger partial charge >= 0.3 is 6.18 Å². The Morgan fingerprint density at radius 2 is 1.93 bits per heavy atom. The van der Waals surface area contributed by atoms with E-state index < -0.39 is 17.6 Å². The second kappa shape index (κ2) is 7.87. The molecule has 140 valence electrons. The number of aliphatic imine (C=N–C) groups is 1. The van der Waals surface area contributed by atoms with Gasteiger partial charge in [-0.2, -0.15) is 13.2 Å². The number of thioether (sulfide) groups is 1. The molecule has 27 heavy (non-hydrogen) atoms. The predicted octanol–water partition coefficient (Wildman–Crippen LogP) is 5.00. The number of nitrogens with one attached hydrogen (secondary N) is 1. The number of ether oxygens (including phenoxy) is 1. The summed E-state index contributed by atoms with van der Waals surface area (Å²) in [5, 5.41) is 2.97. The summed E-state index contributed by atoms with van der Waals surface area (Å²) in [5.74, 6) is 0.316. The summed E-state index contributed by atoms with van der Waals surface area (Å²) in [5.41, 5.74) is 0.162. The van der Waals surface area contributed by atoms with Gasteiger partial charge in [0.05, 0.1) is 22.8 Å². The van der Waals surface area contributed by atoms with Crippen LogP contribution in [0.15, 0.2) is 58.4 Å². The lowest BCUT2D eigenvalue weighted by Crippen LogP contribution is -2.19. The fraction of sp³-hybridized carbons (Fsp3) is 0.158. The molecule has 0 radical (unpaired) electrons. The highest BCUT2D eigenvalue weighted by molar-refractivity contribution is 8.18. The molecular weight excluding hydrogens is 377 g/mol. The minimum Gasteiger partial charge on any atom is -0.494 e. The van der Waals surface area contributed by atoms with Crippen molar-refractivity contribution >= 4 is 34.6 Å². The molecule has 0 unspecified atom stereocenters. The lowest BCUT2D eigenvalue weighted by atomic mass is 10.1. The van der Waals surface area contributed by atoms with Gasteiger partial charge in [0.15, 0.2) is 5.17 Å². The van der Waals surface area contributed by atoms with E-state index in [2.05, 4.69) is 10.3 Å². The normalized spacial score (nSPS) is 17.4. The van der Waals surface area contributed by atoms with Crippen molar-refractivity contribution in [3.63, 3.8) is 0 Å². The van der Waals surface area contributed by atoms with E-state index in [1.807, 2.05) is 6.92 Å². The lowest BCUT2D eigenvalue weighted by Gasteiger charge is -2.06. The molecule has 8 heteroatoms. The molecular formula is C19H15F3N2O2S. The molecule has 3 rings (SSSR count). The van der Waals surface area contributed by atoms with E-state index in [1.54, 1.807) is 24.3 Å². The first-order valence-electron chi connectivity index (χ1n) is 8.05. The molecule has 0 bridgehead atoms. The highest BCUT2D eigenvalue weighted by Gasteiger charge is 2.30. The zero-order valence-corrected chi connectivity index (χ0v) is 15.0. The number of carbonyl (C=O) groups is 1. The molecule has 0 aliphatic carbocycles. The Labute approximate surface area is 158 Å². The van der Waals surface area contributed by atoms with Gasteiger partial charge in [0.1, 0.15) is 5.75 Å². The maximum Gasteiger partial charge on any atom is 0.416 e. The van der Waals surface area contributed by atoms with Crippen molar-refractivity contribution in [1.29, 1.82) is 0 Å². The van der Waals surface area contributed by atoms with Gasteiger partial charge in [0.2, 0.25) is 0 Å². The summed E-state index contributed by atoms with van der Waals surface area (Å²) in [6, 6.07) is 11.8. The summed E-state index contributed by atoms with van der Waals surface area (Å²) in [4.78, 5) is 16.7. The van der Waals surface area contributed by atoms with Gasteiger partial charge in [-0.1, -0.05) is 12.1 Å². The summed E-state index contributed by atoms with van der Waals surface area (Å²) in [7, 11) is 0. The second-order valence-corrected chi connectivity index (χ2v) is 6.56. The van der Waals surface area contributed by atoms with Gasteiger partial charge in [-0.15, -0.1) is 0 Å². The van der Waals surface area contributed by atoms with Gasteiger partial charge in [0, 0.05) is 0 Å². The molecule has 0 atom stereocenters. The summed E-state index contributed by atoms with van der Waals surface area (Å²) in [6.45, 7) is 2.45. The Hall–Kier alpha value is -2.74. The molecule has 4 nitrogen and oxygen atoms in total. The molecule has 0 aromatic heterocycles. The third kappa shape index (κ3) is 4.91. The fourth-order valence-electron chi connectivity index (χ4n) is 2.34. The molecule has 1 aliphatic heterocycles. The van der Waals surface area contributed by atoms with E-state index in [0.717, 1.165) is 29.6 Å². The van der Waals surface area contributed by atoms with Crippen LogP contribution in [0.5, 0.6) is 5.75 Å². The highest BCUT2D eigenvalue weighted by atomic mass is 32.2. The van der Waals surface area contributed by atoms with Crippen molar-refractivity contribution in [3.05, 3.63) is 64.6 Å². The number of nitrogens with zero attached hydrogens (tertiary/aromatic N) is 1. The standard InChI is InChI=1S/C19H15F3N2O2S/c1-2-26-15-8-6-14(7-9-15)23-18-24-17(25)16(27-18)11-12-4-3-5-13(10-12)19(20,21)22/h3-11H,2H2,1H3,(H,23,24,25)/b16-11+. The Balaban J connectivity index is 1.78.